The van der Waals surface area contributed by atoms with Crippen LogP contribution in [0.1, 0.15) is 24.9 Å². The van der Waals surface area contributed by atoms with Crippen molar-refractivity contribution in [2.24, 2.45) is 0 Å². The number of nitrogens with zero attached hydrogens (tertiary/aromatic N) is 1. The van der Waals surface area contributed by atoms with E-state index in [1.807, 2.05) is 6.92 Å². The van der Waals surface area contributed by atoms with Gasteiger partial charge in [0.2, 0.25) is 5.91 Å². The molecule has 0 saturated heterocycles. The third-order valence-corrected chi connectivity index (χ3v) is 4.48. The maximum Gasteiger partial charge on any atom is 0.224 e. The largest absolute Gasteiger partial charge is 0.339 e. The van der Waals surface area contributed by atoms with Gasteiger partial charge in [-0.25, -0.2) is 8.42 Å². The molecule has 5 nitrogen and oxygen atoms in total. The Morgan fingerprint density at radius 2 is 1.81 bits per heavy atom. The SMILES string of the molecule is CNCCC(=O)N(C)C(C)c1ccc(S(C)(=O)=O)cc1.Cl. The summed E-state index contributed by atoms with van der Waals surface area (Å²) < 4.78 is 22.8. The Bertz CT molecular complexity index is 558. The van der Waals surface area contributed by atoms with E-state index in [4.69, 9.17) is 0 Å². The first-order valence-electron chi connectivity index (χ1n) is 6.47. The van der Waals surface area contributed by atoms with Gasteiger partial charge in [0.1, 0.15) is 0 Å². The second-order valence-electron chi connectivity index (χ2n) is 4.88. The van der Waals surface area contributed by atoms with Gasteiger partial charge in [-0.15, -0.1) is 12.4 Å². The average molecular weight is 335 g/mol. The summed E-state index contributed by atoms with van der Waals surface area (Å²) in [6.45, 7) is 2.57. The van der Waals surface area contributed by atoms with E-state index < -0.39 is 9.84 Å². The van der Waals surface area contributed by atoms with E-state index in [-0.39, 0.29) is 29.3 Å². The number of carbonyl (C=O) groups is 1. The van der Waals surface area contributed by atoms with Crippen molar-refractivity contribution in [1.29, 1.82) is 0 Å². The predicted molar refractivity (Wildman–Crippen MR) is 86.5 cm³/mol. The Morgan fingerprint density at radius 1 is 1.29 bits per heavy atom. The molecule has 1 aromatic rings. The van der Waals surface area contributed by atoms with Gasteiger partial charge in [-0.2, -0.15) is 0 Å². The van der Waals surface area contributed by atoms with Crippen LogP contribution in [-0.4, -0.2) is 46.1 Å². The number of hydrogen-bond acceptors (Lipinski definition) is 4. The second kappa shape index (κ2) is 8.36. The highest BCUT2D eigenvalue weighted by molar-refractivity contribution is 7.90. The molecule has 1 rings (SSSR count). The zero-order valence-corrected chi connectivity index (χ0v) is 14.4. The summed E-state index contributed by atoms with van der Waals surface area (Å²) >= 11 is 0. The average Bonchev–Trinajstić information content (AvgIpc) is 2.42. The Labute approximate surface area is 133 Å². The van der Waals surface area contributed by atoms with E-state index in [1.165, 1.54) is 6.26 Å². The number of nitrogens with one attached hydrogen (secondary N) is 1. The highest BCUT2D eigenvalue weighted by atomic mass is 35.5. The van der Waals surface area contributed by atoms with Crippen molar-refractivity contribution in [3.05, 3.63) is 29.8 Å². The van der Waals surface area contributed by atoms with Gasteiger partial charge in [0.05, 0.1) is 10.9 Å². The van der Waals surface area contributed by atoms with Crippen LogP contribution in [-0.2, 0) is 14.6 Å². The molecule has 1 amide bonds. The van der Waals surface area contributed by atoms with Crippen LogP contribution in [0, 0.1) is 0 Å². The topological polar surface area (TPSA) is 66.5 Å². The molecule has 0 heterocycles. The van der Waals surface area contributed by atoms with Crippen molar-refractivity contribution in [2.75, 3.05) is 26.9 Å². The number of sulfone groups is 1. The summed E-state index contributed by atoms with van der Waals surface area (Å²) in [6, 6.07) is 6.57. The van der Waals surface area contributed by atoms with E-state index in [0.717, 1.165) is 5.56 Å². The third kappa shape index (κ3) is 5.65. The van der Waals surface area contributed by atoms with Crippen LogP contribution in [0.3, 0.4) is 0 Å². The normalized spacial score (nSPS) is 12.4. The highest BCUT2D eigenvalue weighted by Crippen LogP contribution is 2.21. The Balaban J connectivity index is 0.00000400. The molecule has 7 heteroatoms. The summed E-state index contributed by atoms with van der Waals surface area (Å²) in [7, 11) is 0.381. The van der Waals surface area contributed by atoms with Gasteiger partial charge in [0.25, 0.3) is 0 Å². The number of rotatable bonds is 6. The van der Waals surface area contributed by atoms with Crippen LogP contribution in [0.5, 0.6) is 0 Å². The predicted octanol–water partition coefficient (Wildman–Crippen LogP) is 1.64. The molecule has 120 valence electrons. The maximum atomic E-state index is 11.9. The minimum absolute atomic E-state index is 0. The first kappa shape index (κ1) is 19.9. The minimum atomic E-state index is -3.18. The number of hydrogen-bond donors (Lipinski definition) is 1. The Hall–Kier alpha value is -1.11. The number of amides is 1. The zero-order chi connectivity index (χ0) is 15.3. The molecular weight excluding hydrogens is 312 g/mol. The second-order valence-corrected chi connectivity index (χ2v) is 6.89. The molecule has 1 unspecified atom stereocenters. The molecule has 0 aliphatic heterocycles. The number of benzene rings is 1. The summed E-state index contributed by atoms with van der Waals surface area (Å²) in [5.41, 5.74) is 0.915. The van der Waals surface area contributed by atoms with Gasteiger partial charge in [0.15, 0.2) is 9.84 Å². The fourth-order valence-corrected chi connectivity index (χ4v) is 2.47. The monoisotopic (exact) mass is 334 g/mol. The van der Waals surface area contributed by atoms with Crippen LogP contribution >= 0.6 is 12.4 Å². The lowest BCUT2D eigenvalue weighted by Gasteiger charge is -2.25. The first-order valence-corrected chi connectivity index (χ1v) is 8.36. The lowest BCUT2D eigenvalue weighted by Crippen LogP contribution is -2.31. The van der Waals surface area contributed by atoms with Gasteiger partial charge >= 0.3 is 0 Å². The molecule has 0 aliphatic carbocycles. The minimum Gasteiger partial charge on any atom is -0.339 e. The van der Waals surface area contributed by atoms with E-state index in [1.54, 1.807) is 43.3 Å². The fourth-order valence-electron chi connectivity index (χ4n) is 1.84. The Morgan fingerprint density at radius 3 is 2.24 bits per heavy atom. The summed E-state index contributed by atoms with van der Waals surface area (Å²) in [5, 5.41) is 2.94. The van der Waals surface area contributed by atoms with Crippen molar-refractivity contribution in [1.82, 2.24) is 10.2 Å². The van der Waals surface area contributed by atoms with Crippen molar-refractivity contribution >= 4 is 28.2 Å². The van der Waals surface area contributed by atoms with E-state index in [9.17, 15) is 13.2 Å². The quantitative estimate of drug-likeness (QED) is 0.859. The molecular formula is C14H23ClN2O3S. The number of halogens is 1. The van der Waals surface area contributed by atoms with Gasteiger partial charge in [-0.1, -0.05) is 12.1 Å². The van der Waals surface area contributed by atoms with E-state index in [2.05, 4.69) is 5.32 Å². The van der Waals surface area contributed by atoms with Gasteiger partial charge in [0, 0.05) is 26.3 Å². The Kier molecular flexibility index (Phi) is 7.92. The molecule has 21 heavy (non-hydrogen) atoms. The molecule has 0 radical (unpaired) electrons. The standard InChI is InChI=1S/C14H22N2O3S.ClH/c1-11(16(3)14(17)9-10-15-2)12-5-7-13(8-6-12)20(4,18)19;/h5-8,11,15H,9-10H2,1-4H3;1H. The van der Waals surface area contributed by atoms with Crippen molar-refractivity contribution in [3.8, 4) is 0 Å². The van der Waals surface area contributed by atoms with E-state index >= 15 is 0 Å². The third-order valence-electron chi connectivity index (χ3n) is 3.35. The molecule has 1 atom stereocenters. The number of carbonyl (C=O) groups excluding carboxylic acids is 1. The lowest BCUT2D eigenvalue weighted by molar-refractivity contribution is -0.131. The highest BCUT2D eigenvalue weighted by Gasteiger charge is 2.17. The lowest BCUT2D eigenvalue weighted by atomic mass is 10.1. The van der Waals surface area contributed by atoms with Gasteiger partial charge in [-0.05, 0) is 31.7 Å². The summed E-state index contributed by atoms with van der Waals surface area (Å²) in [4.78, 5) is 13.9. The maximum absolute atomic E-state index is 11.9. The molecule has 0 bridgehead atoms. The van der Waals surface area contributed by atoms with Crippen LogP contribution < -0.4 is 5.32 Å². The molecule has 0 fully saturated rings. The van der Waals surface area contributed by atoms with Crippen LogP contribution in [0.2, 0.25) is 0 Å². The fraction of sp³-hybridized carbons (Fsp3) is 0.500. The zero-order valence-electron chi connectivity index (χ0n) is 12.8. The molecule has 1 N–H and O–H groups in total. The van der Waals surface area contributed by atoms with Gasteiger partial charge < -0.3 is 10.2 Å². The summed E-state index contributed by atoms with van der Waals surface area (Å²) in [6.07, 6.45) is 1.62. The van der Waals surface area contributed by atoms with Crippen LogP contribution in [0.4, 0.5) is 0 Å². The van der Waals surface area contributed by atoms with Gasteiger partial charge in [-0.3, -0.25) is 4.79 Å². The molecule has 1 aromatic carbocycles. The van der Waals surface area contributed by atoms with Crippen LogP contribution in [0.25, 0.3) is 0 Å². The summed E-state index contributed by atoms with van der Waals surface area (Å²) in [5.74, 6) is 0.0547. The smallest absolute Gasteiger partial charge is 0.224 e. The van der Waals surface area contributed by atoms with E-state index in [0.29, 0.717) is 13.0 Å². The van der Waals surface area contributed by atoms with Crippen molar-refractivity contribution in [2.45, 2.75) is 24.3 Å². The van der Waals surface area contributed by atoms with Crippen molar-refractivity contribution in [3.63, 3.8) is 0 Å². The molecule has 0 saturated carbocycles. The van der Waals surface area contributed by atoms with Crippen molar-refractivity contribution < 1.29 is 13.2 Å². The molecule has 0 spiro atoms. The molecule has 0 aromatic heterocycles. The first-order chi connectivity index (χ1) is 9.27. The van der Waals surface area contributed by atoms with Crippen LogP contribution in [0.15, 0.2) is 29.2 Å². The molecule has 0 aliphatic rings.